The smallest absolute Gasteiger partial charge is 0.234 e. The first-order valence-electron chi connectivity index (χ1n) is 6.41. The van der Waals surface area contributed by atoms with E-state index in [1.54, 1.807) is 26.2 Å². The lowest BCUT2D eigenvalue weighted by Crippen LogP contribution is -2.14. The third kappa shape index (κ3) is 4.49. The van der Waals surface area contributed by atoms with Gasteiger partial charge in [-0.15, -0.1) is 11.8 Å². The maximum absolute atomic E-state index is 13.4. The molecule has 110 valence electrons. The van der Waals surface area contributed by atoms with E-state index in [9.17, 15) is 9.18 Å². The molecule has 1 amide bonds. The van der Waals surface area contributed by atoms with E-state index in [-0.39, 0.29) is 17.5 Å². The molecule has 0 saturated heterocycles. The summed E-state index contributed by atoms with van der Waals surface area (Å²) in [6.07, 6.45) is 0. The topological polar surface area (TPSA) is 38.3 Å². The summed E-state index contributed by atoms with van der Waals surface area (Å²) in [6.45, 7) is 1.68. The fraction of sp³-hybridized carbons (Fsp3) is 0.188. The van der Waals surface area contributed by atoms with E-state index in [2.05, 4.69) is 5.32 Å². The lowest BCUT2D eigenvalue weighted by Gasteiger charge is -2.07. The third-order valence-electron chi connectivity index (χ3n) is 2.88. The van der Waals surface area contributed by atoms with Crippen LogP contribution in [0.25, 0.3) is 0 Å². The van der Waals surface area contributed by atoms with Crippen LogP contribution in [0.15, 0.2) is 47.4 Å². The number of nitrogens with one attached hydrogen (secondary N) is 1. The van der Waals surface area contributed by atoms with Crippen molar-refractivity contribution in [2.75, 3.05) is 18.2 Å². The van der Waals surface area contributed by atoms with Crippen molar-refractivity contribution < 1.29 is 13.9 Å². The average molecular weight is 305 g/mol. The van der Waals surface area contributed by atoms with Crippen LogP contribution in [0.5, 0.6) is 5.75 Å². The van der Waals surface area contributed by atoms with Crippen LogP contribution in [0, 0.1) is 12.7 Å². The second-order valence-corrected chi connectivity index (χ2v) is 5.53. The molecule has 2 rings (SSSR count). The first kappa shape index (κ1) is 15.4. The molecule has 0 radical (unpaired) electrons. The zero-order valence-corrected chi connectivity index (χ0v) is 12.7. The quantitative estimate of drug-likeness (QED) is 0.852. The van der Waals surface area contributed by atoms with Crippen LogP contribution in [0.4, 0.5) is 10.1 Å². The highest BCUT2D eigenvalue weighted by Crippen LogP contribution is 2.21. The number of hydrogen-bond donors (Lipinski definition) is 1. The maximum atomic E-state index is 13.4. The van der Waals surface area contributed by atoms with Gasteiger partial charge in [-0.2, -0.15) is 0 Å². The number of carbonyl (C=O) groups excluding carboxylic acids is 1. The number of halogens is 1. The summed E-state index contributed by atoms with van der Waals surface area (Å²) in [6, 6.07) is 12.1. The van der Waals surface area contributed by atoms with Gasteiger partial charge in [-0.1, -0.05) is 6.07 Å². The molecule has 2 aromatic rings. The second-order valence-electron chi connectivity index (χ2n) is 4.48. The molecule has 0 saturated carbocycles. The number of rotatable bonds is 5. The largest absolute Gasteiger partial charge is 0.497 e. The molecular weight excluding hydrogens is 289 g/mol. The van der Waals surface area contributed by atoms with Crippen LogP contribution in [0.1, 0.15) is 5.56 Å². The highest BCUT2D eigenvalue weighted by molar-refractivity contribution is 8.00. The number of anilines is 1. The Morgan fingerprint density at radius 3 is 2.57 bits per heavy atom. The van der Waals surface area contributed by atoms with Crippen LogP contribution >= 0.6 is 11.8 Å². The summed E-state index contributed by atoms with van der Waals surface area (Å²) < 4.78 is 18.5. The molecule has 1 N–H and O–H groups in total. The van der Waals surface area contributed by atoms with E-state index in [0.717, 1.165) is 10.6 Å². The van der Waals surface area contributed by atoms with E-state index in [4.69, 9.17) is 4.74 Å². The minimum atomic E-state index is -0.324. The fourth-order valence-electron chi connectivity index (χ4n) is 1.69. The summed E-state index contributed by atoms with van der Waals surface area (Å²) in [5.74, 6) is 0.551. The first-order valence-corrected chi connectivity index (χ1v) is 7.40. The van der Waals surface area contributed by atoms with Crippen molar-refractivity contribution in [2.24, 2.45) is 0 Å². The van der Waals surface area contributed by atoms with Crippen LogP contribution < -0.4 is 10.1 Å². The second kappa shape index (κ2) is 7.13. The highest BCUT2D eigenvalue weighted by atomic mass is 32.2. The highest BCUT2D eigenvalue weighted by Gasteiger charge is 2.06. The van der Waals surface area contributed by atoms with Crippen molar-refractivity contribution in [2.45, 2.75) is 11.8 Å². The zero-order valence-electron chi connectivity index (χ0n) is 11.9. The van der Waals surface area contributed by atoms with Crippen molar-refractivity contribution in [3.63, 3.8) is 0 Å². The molecule has 2 aromatic carbocycles. The molecule has 0 fully saturated rings. The van der Waals surface area contributed by atoms with Crippen LogP contribution in [-0.2, 0) is 4.79 Å². The van der Waals surface area contributed by atoms with Gasteiger partial charge in [0.05, 0.1) is 12.9 Å². The molecule has 5 heteroatoms. The zero-order chi connectivity index (χ0) is 15.2. The molecule has 0 aliphatic carbocycles. The van der Waals surface area contributed by atoms with Gasteiger partial charge in [0.1, 0.15) is 11.6 Å². The summed E-state index contributed by atoms with van der Waals surface area (Å²) in [4.78, 5) is 12.8. The van der Waals surface area contributed by atoms with E-state index >= 15 is 0 Å². The number of benzene rings is 2. The van der Waals surface area contributed by atoms with Crippen LogP contribution in [-0.4, -0.2) is 18.8 Å². The van der Waals surface area contributed by atoms with Gasteiger partial charge >= 0.3 is 0 Å². The Kier molecular flexibility index (Phi) is 5.22. The minimum Gasteiger partial charge on any atom is -0.497 e. The number of thioether (sulfide) groups is 1. The normalized spacial score (nSPS) is 10.2. The molecule has 0 unspecified atom stereocenters. The van der Waals surface area contributed by atoms with Crippen LogP contribution in [0.3, 0.4) is 0 Å². The Morgan fingerprint density at radius 2 is 1.95 bits per heavy atom. The molecule has 3 nitrogen and oxygen atoms in total. The summed E-state index contributed by atoms with van der Waals surface area (Å²) in [5.41, 5.74) is 1.03. The number of methoxy groups -OCH3 is 1. The van der Waals surface area contributed by atoms with E-state index in [0.29, 0.717) is 11.3 Å². The predicted octanol–water partition coefficient (Wildman–Crippen LogP) is 3.87. The van der Waals surface area contributed by atoms with Gasteiger partial charge < -0.3 is 10.1 Å². The lowest BCUT2D eigenvalue weighted by atomic mass is 10.2. The molecule has 0 aromatic heterocycles. The van der Waals surface area contributed by atoms with Gasteiger partial charge in [0.15, 0.2) is 0 Å². The Balaban J connectivity index is 1.87. The molecule has 21 heavy (non-hydrogen) atoms. The Bertz CT molecular complexity index is 629. The van der Waals surface area contributed by atoms with Gasteiger partial charge in [0.25, 0.3) is 0 Å². The SMILES string of the molecule is COc1ccc(SCC(=O)Nc2ccc(C)c(F)c2)cc1. The Morgan fingerprint density at radius 1 is 1.24 bits per heavy atom. The lowest BCUT2D eigenvalue weighted by molar-refractivity contribution is -0.113. The number of ether oxygens (including phenoxy) is 1. The van der Waals surface area contributed by atoms with Gasteiger partial charge in [0.2, 0.25) is 5.91 Å². The van der Waals surface area contributed by atoms with Crippen molar-refractivity contribution in [3.8, 4) is 5.75 Å². The van der Waals surface area contributed by atoms with Crippen molar-refractivity contribution in [3.05, 3.63) is 53.8 Å². The minimum absolute atomic E-state index is 0.168. The number of carbonyl (C=O) groups is 1. The molecule has 0 bridgehead atoms. The van der Waals surface area contributed by atoms with Crippen molar-refractivity contribution in [1.82, 2.24) is 0 Å². The van der Waals surface area contributed by atoms with Gasteiger partial charge in [-0.25, -0.2) is 4.39 Å². The fourth-order valence-corrected chi connectivity index (χ4v) is 2.39. The molecule has 0 spiro atoms. The van der Waals surface area contributed by atoms with E-state index in [1.807, 2.05) is 24.3 Å². The molecule has 0 aliphatic heterocycles. The number of amides is 1. The molecule has 0 aliphatic rings. The predicted molar refractivity (Wildman–Crippen MR) is 83.5 cm³/mol. The summed E-state index contributed by atoms with van der Waals surface area (Å²) >= 11 is 1.41. The molecule has 0 atom stereocenters. The summed E-state index contributed by atoms with van der Waals surface area (Å²) in [7, 11) is 1.61. The van der Waals surface area contributed by atoms with Gasteiger partial charge in [-0.3, -0.25) is 4.79 Å². The number of aryl methyl sites for hydroxylation is 1. The molecular formula is C16H16FNO2S. The monoisotopic (exact) mass is 305 g/mol. The summed E-state index contributed by atoms with van der Waals surface area (Å²) in [5, 5.41) is 2.68. The number of hydrogen-bond acceptors (Lipinski definition) is 3. The van der Waals surface area contributed by atoms with Crippen molar-refractivity contribution in [1.29, 1.82) is 0 Å². The Labute approximate surface area is 127 Å². The van der Waals surface area contributed by atoms with Crippen LogP contribution in [0.2, 0.25) is 0 Å². The van der Waals surface area contributed by atoms with Gasteiger partial charge in [-0.05, 0) is 48.9 Å². The maximum Gasteiger partial charge on any atom is 0.234 e. The van der Waals surface area contributed by atoms with Gasteiger partial charge in [0, 0.05) is 10.6 Å². The average Bonchev–Trinajstić information content (AvgIpc) is 2.49. The van der Waals surface area contributed by atoms with E-state index in [1.165, 1.54) is 17.8 Å². The van der Waals surface area contributed by atoms with Crippen molar-refractivity contribution >= 4 is 23.4 Å². The Hall–Kier alpha value is -2.01. The third-order valence-corrected chi connectivity index (χ3v) is 3.90. The first-order chi connectivity index (χ1) is 10.1. The standard InChI is InChI=1S/C16H16FNO2S/c1-11-3-4-12(9-15(11)17)18-16(19)10-21-14-7-5-13(20-2)6-8-14/h3-9H,10H2,1-2H3,(H,18,19). The van der Waals surface area contributed by atoms with E-state index < -0.39 is 0 Å². The molecule has 0 heterocycles.